The number of ether oxygens (including phenoxy) is 1. The molecule has 0 unspecified atom stereocenters. The van der Waals surface area contributed by atoms with Crippen molar-refractivity contribution in [1.29, 1.82) is 5.41 Å². The maximum absolute atomic E-state index is 8.35. The highest BCUT2D eigenvalue weighted by Crippen LogP contribution is 2.45. The van der Waals surface area contributed by atoms with Crippen LogP contribution in [0, 0.1) is 5.41 Å². The number of halogens is 1. The van der Waals surface area contributed by atoms with Gasteiger partial charge in [0.25, 0.3) is 0 Å². The van der Waals surface area contributed by atoms with E-state index >= 15 is 0 Å². The molecule has 0 fully saturated rings. The van der Waals surface area contributed by atoms with E-state index in [1.54, 1.807) is 0 Å². The number of nitrogens with one attached hydrogen (secondary N) is 2. The van der Waals surface area contributed by atoms with E-state index in [0.29, 0.717) is 12.4 Å². The molecule has 1 aliphatic rings. The largest absolute Gasteiger partial charge is 0.492 e. The first kappa shape index (κ1) is 19.8. The van der Waals surface area contributed by atoms with E-state index in [9.17, 15) is 0 Å². The Labute approximate surface area is 147 Å². The first-order valence-electron chi connectivity index (χ1n) is 8.31. The number of benzene rings is 1. The molecule has 0 atom stereocenters. The highest BCUT2D eigenvalue weighted by molar-refractivity contribution is 5.97. The van der Waals surface area contributed by atoms with Crippen LogP contribution in [0.2, 0.25) is 0 Å². The lowest BCUT2D eigenvalue weighted by Gasteiger charge is -2.24. The molecule has 2 N–H and O–H groups in total. The molecule has 1 aliphatic heterocycles. The van der Waals surface area contributed by atoms with Crippen molar-refractivity contribution in [2.24, 2.45) is 0 Å². The average molecular weight is 339 g/mol. The fourth-order valence-electron chi connectivity index (χ4n) is 2.81. The first-order chi connectivity index (χ1) is 10.2. The van der Waals surface area contributed by atoms with Gasteiger partial charge in [0.1, 0.15) is 11.6 Å². The van der Waals surface area contributed by atoms with Crippen LogP contribution in [0.25, 0.3) is 0 Å². The highest BCUT2D eigenvalue weighted by Gasteiger charge is 2.36. The average Bonchev–Trinajstić information content (AvgIpc) is 2.73. The van der Waals surface area contributed by atoms with Gasteiger partial charge in [-0.25, -0.2) is 0 Å². The van der Waals surface area contributed by atoms with Crippen molar-refractivity contribution in [3.8, 4) is 5.75 Å². The second-order valence-electron chi connectivity index (χ2n) is 7.98. The van der Waals surface area contributed by atoms with Crippen LogP contribution in [0.5, 0.6) is 5.75 Å². The summed E-state index contributed by atoms with van der Waals surface area (Å²) >= 11 is 0. The lowest BCUT2D eigenvalue weighted by Crippen LogP contribution is -2.26. The number of unbranched alkanes of at least 4 members (excludes halogenated alkanes) is 1. The maximum Gasteiger partial charge on any atom is 0.126 e. The van der Waals surface area contributed by atoms with Gasteiger partial charge in [0.15, 0.2) is 0 Å². The van der Waals surface area contributed by atoms with E-state index in [2.05, 4.69) is 59.0 Å². The van der Waals surface area contributed by atoms with Gasteiger partial charge in [-0.05, 0) is 24.0 Å². The molecule has 0 saturated carbocycles. The van der Waals surface area contributed by atoms with E-state index in [-0.39, 0.29) is 23.2 Å². The van der Waals surface area contributed by atoms with Gasteiger partial charge in [-0.15, -0.1) is 12.4 Å². The minimum atomic E-state index is 0. The SMILES string of the molecule is CCCCNC(=N)c1cc(C(C)(C)C)c2c(c1)C(C)(C)CO2.Cl. The standard InChI is InChI=1S/C19H30N2O.ClH/c1-7-8-9-21-17(20)13-10-14(18(2,3)4)16-15(11-13)19(5,6)12-22-16;/h10-11H,7-9,12H2,1-6H3,(H2,20,21);1H. The third-order valence-corrected chi connectivity index (χ3v) is 4.32. The molecule has 1 heterocycles. The zero-order valence-electron chi connectivity index (χ0n) is 15.3. The van der Waals surface area contributed by atoms with Gasteiger partial charge in [0.05, 0.1) is 6.61 Å². The van der Waals surface area contributed by atoms with E-state index in [1.807, 2.05) is 0 Å². The molecule has 0 aromatic heterocycles. The minimum absolute atomic E-state index is 0. The van der Waals surface area contributed by atoms with Crippen molar-refractivity contribution in [3.05, 3.63) is 28.8 Å². The number of fused-ring (bicyclic) bond motifs is 1. The van der Waals surface area contributed by atoms with E-state index < -0.39 is 0 Å². The van der Waals surface area contributed by atoms with Crippen LogP contribution >= 0.6 is 12.4 Å². The van der Waals surface area contributed by atoms with Crippen LogP contribution in [-0.2, 0) is 10.8 Å². The molecule has 0 bridgehead atoms. The van der Waals surface area contributed by atoms with Crippen LogP contribution in [0.1, 0.15) is 71.1 Å². The lowest BCUT2D eigenvalue weighted by atomic mass is 9.79. The summed E-state index contributed by atoms with van der Waals surface area (Å²) in [7, 11) is 0. The minimum Gasteiger partial charge on any atom is -0.492 e. The van der Waals surface area contributed by atoms with E-state index in [1.165, 1.54) is 11.1 Å². The Balaban J connectivity index is 0.00000264. The van der Waals surface area contributed by atoms with Crippen LogP contribution < -0.4 is 10.1 Å². The molecule has 3 nitrogen and oxygen atoms in total. The molecule has 130 valence electrons. The number of hydrogen-bond donors (Lipinski definition) is 2. The molecule has 23 heavy (non-hydrogen) atoms. The van der Waals surface area contributed by atoms with Crippen molar-refractivity contribution in [2.45, 2.75) is 65.2 Å². The summed E-state index contributed by atoms with van der Waals surface area (Å²) in [5.74, 6) is 1.55. The Morgan fingerprint density at radius 3 is 2.52 bits per heavy atom. The Kier molecular flexibility index (Phi) is 6.14. The van der Waals surface area contributed by atoms with Gasteiger partial charge >= 0.3 is 0 Å². The smallest absolute Gasteiger partial charge is 0.126 e. The molecular weight excluding hydrogens is 308 g/mol. The van der Waals surface area contributed by atoms with Crippen LogP contribution in [0.4, 0.5) is 0 Å². The summed E-state index contributed by atoms with van der Waals surface area (Å²) in [6, 6.07) is 4.26. The van der Waals surface area contributed by atoms with Gasteiger partial charge in [0.2, 0.25) is 0 Å². The summed E-state index contributed by atoms with van der Waals surface area (Å²) in [5.41, 5.74) is 3.42. The quantitative estimate of drug-likeness (QED) is 0.471. The van der Waals surface area contributed by atoms with Crippen LogP contribution in [0.3, 0.4) is 0 Å². The zero-order chi connectivity index (χ0) is 16.5. The van der Waals surface area contributed by atoms with Gasteiger partial charge in [-0.1, -0.05) is 48.0 Å². The Hall–Kier alpha value is -1.22. The molecular formula is C19H31ClN2O. The third-order valence-electron chi connectivity index (χ3n) is 4.32. The molecule has 1 aromatic carbocycles. The molecule has 0 aliphatic carbocycles. The van der Waals surface area contributed by atoms with Gasteiger partial charge in [0, 0.05) is 28.7 Å². The van der Waals surface area contributed by atoms with Gasteiger partial charge < -0.3 is 10.1 Å². The fraction of sp³-hybridized carbons (Fsp3) is 0.632. The van der Waals surface area contributed by atoms with Gasteiger partial charge in [-0.3, -0.25) is 5.41 Å². The van der Waals surface area contributed by atoms with Crippen molar-refractivity contribution in [3.63, 3.8) is 0 Å². The zero-order valence-corrected chi connectivity index (χ0v) is 16.1. The molecule has 0 saturated heterocycles. The monoisotopic (exact) mass is 338 g/mol. The summed E-state index contributed by atoms with van der Waals surface area (Å²) in [4.78, 5) is 0. The topological polar surface area (TPSA) is 45.1 Å². The third kappa shape index (κ3) is 4.20. The van der Waals surface area contributed by atoms with Crippen LogP contribution in [0.15, 0.2) is 12.1 Å². The summed E-state index contributed by atoms with van der Waals surface area (Å²) in [5, 5.41) is 11.6. The Morgan fingerprint density at radius 2 is 1.96 bits per heavy atom. The van der Waals surface area contributed by atoms with Crippen molar-refractivity contribution < 1.29 is 4.74 Å². The normalized spacial score (nSPS) is 15.4. The van der Waals surface area contributed by atoms with Crippen molar-refractivity contribution >= 4 is 18.2 Å². The maximum atomic E-state index is 8.35. The van der Waals surface area contributed by atoms with E-state index in [0.717, 1.165) is 30.7 Å². The van der Waals surface area contributed by atoms with Crippen LogP contribution in [-0.4, -0.2) is 19.0 Å². The lowest BCUT2D eigenvalue weighted by molar-refractivity contribution is 0.286. The number of rotatable bonds is 4. The first-order valence-corrected chi connectivity index (χ1v) is 8.31. The number of hydrogen-bond acceptors (Lipinski definition) is 2. The Morgan fingerprint density at radius 1 is 1.30 bits per heavy atom. The second-order valence-corrected chi connectivity index (χ2v) is 7.98. The van der Waals surface area contributed by atoms with Crippen molar-refractivity contribution in [1.82, 2.24) is 5.32 Å². The summed E-state index contributed by atoms with van der Waals surface area (Å²) in [6.45, 7) is 14.8. The summed E-state index contributed by atoms with van der Waals surface area (Å²) in [6.07, 6.45) is 2.23. The molecule has 4 heteroatoms. The molecule has 2 rings (SSSR count). The molecule has 0 radical (unpaired) electrons. The molecule has 0 spiro atoms. The Bertz CT molecular complexity index is 573. The summed E-state index contributed by atoms with van der Waals surface area (Å²) < 4.78 is 6.01. The highest BCUT2D eigenvalue weighted by atomic mass is 35.5. The molecule has 0 amide bonds. The molecule has 1 aromatic rings. The predicted molar refractivity (Wildman–Crippen MR) is 101 cm³/mol. The predicted octanol–water partition coefficient (Wildman–Crippen LogP) is 4.79. The van der Waals surface area contributed by atoms with E-state index in [4.69, 9.17) is 10.1 Å². The second kappa shape index (κ2) is 7.12. The number of amidine groups is 1. The van der Waals surface area contributed by atoms with Crippen molar-refractivity contribution in [2.75, 3.05) is 13.2 Å². The van der Waals surface area contributed by atoms with Gasteiger partial charge in [-0.2, -0.15) is 0 Å². The fourth-order valence-corrected chi connectivity index (χ4v) is 2.81.